The van der Waals surface area contributed by atoms with Crippen LogP contribution in [-0.2, 0) is 14.3 Å². The molecule has 15 heteroatoms. The molecule has 0 radical (unpaired) electrons. The van der Waals surface area contributed by atoms with Crippen molar-refractivity contribution in [3.63, 3.8) is 0 Å². The second-order valence-electron chi connectivity index (χ2n) is 10.2. The fourth-order valence-corrected chi connectivity index (χ4v) is 4.79. The van der Waals surface area contributed by atoms with Crippen LogP contribution in [0.5, 0.6) is 5.75 Å². The molecule has 0 saturated carbocycles. The smallest absolute Gasteiger partial charge is 0.408 e. The van der Waals surface area contributed by atoms with E-state index in [4.69, 9.17) is 14.2 Å². The van der Waals surface area contributed by atoms with Crippen molar-refractivity contribution in [1.29, 1.82) is 0 Å². The number of carbonyl (C=O) groups is 2. The van der Waals surface area contributed by atoms with E-state index in [9.17, 15) is 22.8 Å². The van der Waals surface area contributed by atoms with Crippen LogP contribution < -0.4 is 20.7 Å². The van der Waals surface area contributed by atoms with Crippen LogP contribution >= 0.6 is 0 Å². The number of amides is 3. The zero-order valence-corrected chi connectivity index (χ0v) is 21.6. The van der Waals surface area contributed by atoms with E-state index in [1.54, 1.807) is 6.08 Å². The van der Waals surface area contributed by atoms with Gasteiger partial charge in [-0.25, -0.2) is 14.8 Å². The van der Waals surface area contributed by atoms with E-state index in [2.05, 4.69) is 25.5 Å². The summed E-state index contributed by atoms with van der Waals surface area (Å²) in [5.74, 6) is -0.751. The topological polar surface area (TPSA) is 130 Å². The molecule has 0 aromatic carbocycles. The number of hydrogen-bond donors (Lipinski definition) is 3. The van der Waals surface area contributed by atoms with Gasteiger partial charge in [0.25, 0.3) is 0 Å². The standard InChI is InChI=1S/C24H30F3N7O5/c1-13(24(25,26)27)30-20(35)17-4-5-18-19(31-17)34(14-6-7-33(18)10-14)22(36)32-21-28-8-15(9-29-21)37-11-16-12-38-23(2,3)39-16/h4-5,8-9,13-14,16-17,31H,6-7,10-12H2,1-3H3,(H,30,35)(H,28,29,32,36)/t13-,14?,16-,17?/m1/s1. The first kappa shape index (κ1) is 27.0. The minimum Gasteiger partial charge on any atom is -0.488 e. The Balaban J connectivity index is 1.23. The number of allylic oxidation sites excluding steroid dienone is 1. The van der Waals surface area contributed by atoms with Gasteiger partial charge < -0.3 is 29.7 Å². The van der Waals surface area contributed by atoms with Crippen molar-refractivity contribution in [2.24, 2.45) is 0 Å². The summed E-state index contributed by atoms with van der Waals surface area (Å²) in [4.78, 5) is 37.7. The predicted octanol–water partition coefficient (Wildman–Crippen LogP) is 1.69. The van der Waals surface area contributed by atoms with Crippen LogP contribution in [0.1, 0.15) is 27.2 Å². The second-order valence-corrected chi connectivity index (χ2v) is 10.2. The lowest BCUT2D eigenvalue weighted by molar-refractivity contribution is -0.158. The van der Waals surface area contributed by atoms with E-state index in [1.165, 1.54) is 23.4 Å². The Kier molecular flexibility index (Phi) is 7.05. The van der Waals surface area contributed by atoms with E-state index in [-0.39, 0.29) is 24.7 Å². The summed E-state index contributed by atoms with van der Waals surface area (Å²) in [5.41, 5.74) is 0.678. The highest BCUT2D eigenvalue weighted by molar-refractivity contribution is 5.90. The number of nitrogens with one attached hydrogen (secondary N) is 3. The van der Waals surface area contributed by atoms with E-state index in [1.807, 2.05) is 19.2 Å². The molecule has 1 aromatic heterocycles. The van der Waals surface area contributed by atoms with Gasteiger partial charge in [-0.05, 0) is 33.3 Å². The van der Waals surface area contributed by atoms with Gasteiger partial charge in [0.1, 0.15) is 30.6 Å². The molecule has 2 bridgehead atoms. The maximum absolute atomic E-state index is 13.3. The number of hydrogen-bond acceptors (Lipinski definition) is 9. The SMILES string of the molecule is C[C@@H](NC(=O)C1C=CC2=C(N1)N(C(=O)Nc1ncc(OC[C@@H]3COC(C)(C)O3)cn1)C1CCN2C1)C(F)(F)F. The van der Waals surface area contributed by atoms with Crippen molar-refractivity contribution < 1.29 is 37.0 Å². The minimum atomic E-state index is -4.57. The molecule has 2 unspecified atom stereocenters. The number of ether oxygens (including phenoxy) is 3. The number of nitrogens with zero attached hydrogens (tertiary/aromatic N) is 4. The summed E-state index contributed by atoms with van der Waals surface area (Å²) in [6.45, 7) is 6.43. The summed E-state index contributed by atoms with van der Waals surface area (Å²) in [5, 5.41) is 7.56. The Labute approximate surface area is 222 Å². The third-order valence-electron chi connectivity index (χ3n) is 6.79. The number of anilines is 1. The molecule has 4 aliphatic heterocycles. The maximum Gasteiger partial charge on any atom is 0.408 e. The lowest BCUT2D eigenvalue weighted by Gasteiger charge is -2.40. The Morgan fingerprint density at radius 2 is 2.05 bits per heavy atom. The van der Waals surface area contributed by atoms with Crippen LogP contribution in [0.2, 0.25) is 0 Å². The monoisotopic (exact) mass is 553 g/mol. The molecular weight excluding hydrogens is 523 g/mol. The Bertz CT molecular complexity index is 1170. The van der Waals surface area contributed by atoms with Gasteiger partial charge in [0.05, 0.1) is 30.7 Å². The lowest BCUT2D eigenvalue weighted by atomic mass is 10.1. The van der Waals surface area contributed by atoms with Crippen molar-refractivity contribution in [3.05, 3.63) is 36.1 Å². The third-order valence-corrected chi connectivity index (χ3v) is 6.79. The molecule has 1 aromatic rings. The molecule has 0 spiro atoms. The number of carbonyl (C=O) groups excluding carboxylic acids is 2. The number of alkyl halides is 3. The number of rotatable bonds is 6. The molecule has 3 N–H and O–H groups in total. The molecule has 12 nitrogen and oxygen atoms in total. The average molecular weight is 554 g/mol. The first-order chi connectivity index (χ1) is 18.4. The van der Waals surface area contributed by atoms with E-state index >= 15 is 0 Å². The molecule has 39 heavy (non-hydrogen) atoms. The van der Waals surface area contributed by atoms with Crippen LogP contribution in [0, 0.1) is 0 Å². The van der Waals surface area contributed by atoms with Crippen molar-refractivity contribution in [1.82, 2.24) is 30.4 Å². The van der Waals surface area contributed by atoms with Gasteiger partial charge in [-0.2, -0.15) is 13.2 Å². The van der Waals surface area contributed by atoms with Gasteiger partial charge in [-0.3, -0.25) is 15.0 Å². The number of aromatic nitrogens is 2. The Hall–Kier alpha value is -3.59. The van der Waals surface area contributed by atoms with Gasteiger partial charge >= 0.3 is 12.2 Å². The molecule has 3 amide bonds. The summed E-state index contributed by atoms with van der Waals surface area (Å²) >= 11 is 0. The molecular formula is C24H30F3N7O5. The highest BCUT2D eigenvalue weighted by atomic mass is 19.4. The van der Waals surface area contributed by atoms with Crippen LogP contribution in [0.15, 0.2) is 36.1 Å². The number of urea groups is 1. The van der Waals surface area contributed by atoms with E-state index in [0.717, 1.165) is 6.92 Å². The Morgan fingerprint density at radius 1 is 1.31 bits per heavy atom. The number of halogens is 3. The molecule has 2 saturated heterocycles. The third kappa shape index (κ3) is 5.88. The second kappa shape index (κ2) is 10.2. The quantitative estimate of drug-likeness (QED) is 0.482. The van der Waals surface area contributed by atoms with Gasteiger partial charge in [-0.1, -0.05) is 6.08 Å². The highest BCUT2D eigenvalue weighted by Gasteiger charge is 2.44. The zero-order chi connectivity index (χ0) is 27.9. The zero-order valence-electron chi connectivity index (χ0n) is 21.6. The summed E-state index contributed by atoms with van der Waals surface area (Å²) in [6, 6.07) is -3.85. The molecule has 5 rings (SSSR count). The fourth-order valence-electron chi connectivity index (χ4n) is 4.79. The van der Waals surface area contributed by atoms with Crippen LogP contribution in [-0.4, -0.2) is 94.2 Å². The minimum absolute atomic E-state index is 0.0381. The summed E-state index contributed by atoms with van der Waals surface area (Å²) in [6.07, 6.45) is 1.85. The molecule has 2 fully saturated rings. The first-order valence-corrected chi connectivity index (χ1v) is 12.6. The number of dihydropyridines is 1. The number of fused-ring (bicyclic) bond motifs is 3. The summed E-state index contributed by atoms with van der Waals surface area (Å²) < 4.78 is 55.7. The van der Waals surface area contributed by atoms with Gasteiger partial charge in [0.2, 0.25) is 11.9 Å². The maximum atomic E-state index is 13.3. The van der Waals surface area contributed by atoms with Gasteiger partial charge in [-0.15, -0.1) is 0 Å². The first-order valence-electron chi connectivity index (χ1n) is 12.6. The Morgan fingerprint density at radius 3 is 2.72 bits per heavy atom. The summed E-state index contributed by atoms with van der Waals surface area (Å²) in [7, 11) is 0. The van der Waals surface area contributed by atoms with Crippen molar-refractivity contribution in [3.8, 4) is 5.75 Å². The van der Waals surface area contributed by atoms with Crippen LogP contribution in [0.4, 0.5) is 23.9 Å². The molecule has 5 heterocycles. The fraction of sp³-hybridized carbons (Fsp3) is 0.583. The average Bonchev–Trinajstić information content (AvgIpc) is 3.45. The highest BCUT2D eigenvalue weighted by Crippen LogP contribution is 2.33. The van der Waals surface area contributed by atoms with E-state index < -0.39 is 36.0 Å². The van der Waals surface area contributed by atoms with Gasteiger partial charge in [0.15, 0.2) is 11.5 Å². The van der Waals surface area contributed by atoms with Crippen molar-refractivity contribution in [2.45, 2.75) is 63.4 Å². The van der Waals surface area contributed by atoms with Crippen LogP contribution in [0.3, 0.4) is 0 Å². The van der Waals surface area contributed by atoms with E-state index in [0.29, 0.717) is 43.4 Å². The van der Waals surface area contributed by atoms with Crippen molar-refractivity contribution >= 4 is 17.9 Å². The molecule has 0 aliphatic carbocycles. The largest absolute Gasteiger partial charge is 0.488 e. The van der Waals surface area contributed by atoms with Crippen LogP contribution in [0.25, 0.3) is 0 Å². The lowest BCUT2D eigenvalue weighted by Crippen LogP contribution is -2.57. The normalized spacial score (nSPS) is 26.2. The van der Waals surface area contributed by atoms with Gasteiger partial charge in [0, 0.05) is 13.1 Å². The molecule has 4 atom stereocenters. The molecule has 212 valence electrons. The molecule has 4 aliphatic rings. The predicted molar refractivity (Wildman–Crippen MR) is 130 cm³/mol. The van der Waals surface area contributed by atoms with Crippen molar-refractivity contribution in [2.75, 3.05) is 31.6 Å².